The van der Waals surface area contributed by atoms with Crippen molar-refractivity contribution in [3.63, 3.8) is 0 Å². The molecule has 0 radical (unpaired) electrons. The largest absolute Gasteiger partial charge is 0.480 e. The van der Waals surface area contributed by atoms with E-state index in [9.17, 15) is 14.7 Å². The fourth-order valence-electron chi connectivity index (χ4n) is 2.68. The number of hydrogen-bond acceptors (Lipinski definition) is 4. The molecule has 0 saturated carbocycles. The van der Waals surface area contributed by atoms with Crippen molar-refractivity contribution in [2.24, 2.45) is 0 Å². The Morgan fingerprint density at radius 2 is 2.09 bits per heavy atom. The number of amides is 1. The molecule has 1 aliphatic heterocycles. The first-order valence-corrected chi connectivity index (χ1v) is 9.43. The van der Waals surface area contributed by atoms with Crippen LogP contribution in [0.2, 0.25) is 0 Å². The van der Waals surface area contributed by atoms with E-state index in [1.54, 1.807) is 11.8 Å². The number of benzene rings is 1. The van der Waals surface area contributed by atoms with Crippen molar-refractivity contribution in [3.05, 3.63) is 35.9 Å². The van der Waals surface area contributed by atoms with Gasteiger partial charge in [-0.05, 0) is 18.4 Å². The molecule has 23 heavy (non-hydrogen) atoms. The Kier molecular flexibility index (Phi) is 6.84. The number of nitrogens with zero attached hydrogens (tertiary/aromatic N) is 1. The minimum atomic E-state index is -0.909. The van der Waals surface area contributed by atoms with Crippen LogP contribution in [0.25, 0.3) is 0 Å². The molecule has 1 saturated heterocycles. The zero-order valence-electron chi connectivity index (χ0n) is 13.2. The van der Waals surface area contributed by atoms with Crippen LogP contribution >= 0.6 is 24.4 Å². The van der Waals surface area contributed by atoms with E-state index in [4.69, 9.17) is 0 Å². The van der Waals surface area contributed by atoms with Gasteiger partial charge in [0.25, 0.3) is 0 Å². The lowest BCUT2D eigenvalue weighted by Crippen LogP contribution is -2.41. The van der Waals surface area contributed by atoms with Crippen LogP contribution < -0.4 is 0 Å². The van der Waals surface area contributed by atoms with Crippen LogP contribution in [0.15, 0.2) is 30.3 Å². The molecule has 0 spiro atoms. The highest BCUT2D eigenvalue weighted by atomic mass is 32.2. The van der Waals surface area contributed by atoms with Crippen molar-refractivity contribution < 1.29 is 14.7 Å². The number of carbonyl (C=O) groups is 2. The maximum absolute atomic E-state index is 12.4. The van der Waals surface area contributed by atoms with Gasteiger partial charge in [0.05, 0.1) is 0 Å². The van der Waals surface area contributed by atoms with Crippen molar-refractivity contribution in [1.82, 2.24) is 4.90 Å². The van der Waals surface area contributed by atoms with Crippen LogP contribution in [-0.4, -0.2) is 45.0 Å². The molecule has 1 aliphatic rings. The highest BCUT2D eigenvalue weighted by Crippen LogP contribution is 2.31. The van der Waals surface area contributed by atoms with Crippen molar-refractivity contribution in [1.29, 1.82) is 0 Å². The van der Waals surface area contributed by atoms with Crippen LogP contribution in [0.3, 0.4) is 0 Å². The second-order valence-electron chi connectivity index (χ2n) is 5.82. The molecule has 1 unspecified atom stereocenters. The molecule has 1 amide bonds. The number of aliphatic carboxylic acids is 1. The Balaban J connectivity index is 1.94. The topological polar surface area (TPSA) is 57.6 Å². The summed E-state index contributed by atoms with van der Waals surface area (Å²) in [6, 6.07) is 9.40. The van der Waals surface area contributed by atoms with Gasteiger partial charge in [-0.3, -0.25) is 4.79 Å². The standard InChI is InChI=1S/C17H23NO3S2/c1-2-13(22)8-16(19)18-10-14(9-15(18)17(20)21)23-11-12-6-4-3-5-7-12/h3-7,13-15,22H,2,8-11H2,1H3,(H,20,21)/t13?,14-,15-/m0/s1. The molecule has 0 bridgehead atoms. The predicted molar refractivity (Wildman–Crippen MR) is 97.0 cm³/mol. The summed E-state index contributed by atoms with van der Waals surface area (Å²) in [6.45, 7) is 2.49. The van der Waals surface area contributed by atoms with Gasteiger partial charge in [0.2, 0.25) is 5.91 Å². The van der Waals surface area contributed by atoms with E-state index in [0.29, 0.717) is 19.4 Å². The van der Waals surface area contributed by atoms with E-state index in [1.807, 2.05) is 25.1 Å². The molecule has 3 atom stereocenters. The summed E-state index contributed by atoms with van der Waals surface area (Å²) < 4.78 is 0. The monoisotopic (exact) mass is 353 g/mol. The fourth-order valence-corrected chi connectivity index (χ4v) is 4.04. The van der Waals surface area contributed by atoms with E-state index < -0.39 is 12.0 Å². The molecule has 1 N–H and O–H groups in total. The number of thiol groups is 1. The number of carboxylic acid groups (broad SMARTS) is 1. The third-order valence-electron chi connectivity index (χ3n) is 4.08. The Labute approximate surface area is 147 Å². The quantitative estimate of drug-likeness (QED) is 0.740. The molecule has 1 fully saturated rings. The van der Waals surface area contributed by atoms with Crippen LogP contribution in [0.1, 0.15) is 31.7 Å². The van der Waals surface area contributed by atoms with Gasteiger partial charge in [-0.15, -0.1) is 0 Å². The molecule has 1 aromatic rings. The highest BCUT2D eigenvalue weighted by molar-refractivity contribution is 7.99. The second-order valence-corrected chi connectivity index (χ2v) is 7.84. The second kappa shape index (κ2) is 8.64. The van der Waals surface area contributed by atoms with Gasteiger partial charge in [-0.1, -0.05) is 37.3 Å². The van der Waals surface area contributed by atoms with E-state index in [1.165, 1.54) is 10.5 Å². The normalized spacial score (nSPS) is 22.1. The maximum atomic E-state index is 12.4. The molecular formula is C17H23NO3S2. The summed E-state index contributed by atoms with van der Waals surface area (Å²) >= 11 is 6.08. The van der Waals surface area contributed by atoms with Crippen LogP contribution in [-0.2, 0) is 15.3 Å². The molecule has 2 rings (SSSR count). The SMILES string of the molecule is CCC(S)CC(=O)N1C[C@@H](SCc2ccccc2)C[C@H]1C(=O)O. The zero-order valence-corrected chi connectivity index (χ0v) is 14.9. The molecule has 126 valence electrons. The Morgan fingerprint density at radius 3 is 2.70 bits per heavy atom. The van der Waals surface area contributed by atoms with Crippen molar-refractivity contribution in [3.8, 4) is 0 Å². The summed E-state index contributed by atoms with van der Waals surface area (Å²) in [5.41, 5.74) is 1.22. The molecule has 0 aromatic heterocycles. The molecule has 6 heteroatoms. The predicted octanol–water partition coefficient (Wildman–Crippen LogP) is 3.07. The fraction of sp³-hybridized carbons (Fsp3) is 0.529. The first-order valence-electron chi connectivity index (χ1n) is 7.87. The lowest BCUT2D eigenvalue weighted by Gasteiger charge is -2.22. The summed E-state index contributed by atoms with van der Waals surface area (Å²) in [4.78, 5) is 25.4. The van der Waals surface area contributed by atoms with Gasteiger partial charge in [0.1, 0.15) is 6.04 Å². The molecule has 0 aliphatic carbocycles. The van der Waals surface area contributed by atoms with E-state index in [2.05, 4.69) is 24.8 Å². The number of hydrogen-bond donors (Lipinski definition) is 2. The first kappa shape index (κ1) is 18.2. The molecule has 1 aromatic carbocycles. The highest BCUT2D eigenvalue weighted by Gasteiger charge is 2.39. The molecule has 4 nitrogen and oxygen atoms in total. The third-order valence-corrected chi connectivity index (χ3v) is 5.94. The first-order chi connectivity index (χ1) is 11.0. The van der Waals surface area contributed by atoms with Crippen LogP contribution in [0, 0.1) is 0 Å². The Hall–Kier alpha value is -1.14. The number of rotatable bonds is 7. The van der Waals surface area contributed by atoms with Crippen LogP contribution in [0.4, 0.5) is 0 Å². The average molecular weight is 354 g/mol. The Bertz CT molecular complexity index is 538. The van der Waals surface area contributed by atoms with Crippen molar-refractivity contribution in [2.45, 2.75) is 48.5 Å². The van der Waals surface area contributed by atoms with E-state index >= 15 is 0 Å². The minimum absolute atomic E-state index is 0.00651. The van der Waals surface area contributed by atoms with Gasteiger partial charge in [-0.2, -0.15) is 24.4 Å². The summed E-state index contributed by atoms with van der Waals surface area (Å²) in [6.07, 6.45) is 1.62. The van der Waals surface area contributed by atoms with Gasteiger partial charge in [0, 0.05) is 29.2 Å². The number of thioether (sulfide) groups is 1. The van der Waals surface area contributed by atoms with Crippen molar-refractivity contribution in [2.75, 3.05) is 6.54 Å². The summed E-state index contributed by atoms with van der Waals surface area (Å²) in [5.74, 6) is -0.167. The number of carbonyl (C=O) groups excluding carboxylic acids is 1. The lowest BCUT2D eigenvalue weighted by atomic mass is 10.2. The average Bonchev–Trinajstić information content (AvgIpc) is 2.98. The zero-order chi connectivity index (χ0) is 16.8. The van der Waals surface area contributed by atoms with Crippen LogP contribution in [0.5, 0.6) is 0 Å². The number of likely N-dealkylation sites (tertiary alicyclic amines) is 1. The molecule has 1 heterocycles. The van der Waals surface area contributed by atoms with Gasteiger partial charge < -0.3 is 10.0 Å². The smallest absolute Gasteiger partial charge is 0.326 e. The third kappa shape index (κ3) is 5.18. The maximum Gasteiger partial charge on any atom is 0.326 e. The van der Waals surface area contributed by atoms with Gasteiger partial charge in [0.15, 0.2) is 0 Å². The summed E-state index contributed by atoms with van der Waals surface area (Å²) in [5, 5.41) is 9.57. The van der Waals surface area contributed by atoms with Gasteiger partial charge in [-0.25, -0.2) is 4.79 Å². The van der Waals surface area contributed by atoms with Gasteiger partial charge >= 0.3 is 5.97 Å². The van der Waals surface area contributed by atoms with Crippen molar-refractivity contribution >= 4 is 36.3 Å². The number of carboxylic acids is 1. The minimum Gasteiger partial charge on any atom is -0.480 e. The Morgan fingerprint density at radius 1 is 1.39 bits per heavy atom. The van der Waals surface area contributed by atoms with E-state index in [0.717, 1.165) is 12.2 Å². The lowest BCUT2D eigenvalue weighted by molar-refractivity contribution is -0.148. The molecular weight excluding hydrogens is 330 g/mol. The summed E-state index contributed by atoms with van der Waals surface area (Å²) in [7, 11) is 0. The van der Waals surface area contributed by atoms with E-state index in [-0.39, 0.29) is 16.4 Å².